The van der Waals surface area contributed by atoms with Crippen LogP contribution in [0, 0.1) is 0 Å². The molecule has 0 atom stereocenters. The molecule has 2 N–H and O–H groups in total. The number of urea groups is 1. The van der Waals surface area contributed by atoms with Gasteiger partial charge in [-0.15, -0.1) is 0 Å². The molecule has 3 amide bonds. The van der Waals surface area contributed by atoms with Crippen LogP contribution in [0.15, 0.2) is 54.6 Å². The molecule has 0 aliphatic rings. The highest BCUT2D eigenvalue weighted by Gasteiger charge is 2.14. The van der Waals surface area contributed by atoms with E-state index in [2.05, 4.69) is 10.1 Å². The van der Waals surface area contributed by atoms with Crippen LogP contribution in [0.3, 0.4) is 0 Å². The van der Waals surface area contributed by atoms with E-state index in [4.69, 9.17) is 4.74 Å². The first-order valence-electron chi connectivity index (χ1n) is 7.77. The van der Waals surface area contributed by atoms with Gasteiger partial charge in [-0.05, 0) is 23.8 Å². The van der Waals surface area contributed by atoms with Gasteiger partial charge in [0.2, 0.25) is 0 Å². The van der Waals surface area contributed by atoms with Gasteiger partial charge in [-0.3, -0.25) is 10.1 Å². The summed E-state index contributed by atoms with van der Waals surface area (Å²) >= 11 is 0. The number of amides is 3. The lowest BCUT2D eigenvalue weighted by atomic mass is 10.2. The summed E-state index contributed by atoms with van der Waals surface area (Å²) in [6, 6.07) is 13.2. The number of halogens is 2. The van der Waals surface area contributed by atoms with E-state index in [0.29, 0.717) is 0 Å². The second-order valence-corrected chi connectivity index (χ2v) is 5.20. The van der Waals surface area contributed by atoms with Crippen molar-refractivity contribution < 1.29 is 32.6 Å². The summed E-state index contributed by atoms with van der Waals surface area (Å²) in [5.41, 5.74) is 0.770. The molecule has 0 saturated heterocycles. The summed E-state index contributed by atoms with van der Waals surface area (Å²) < 4.78 is 33.3. The van der Waals surface area contributed by atoms with Gasteiger partial charge in [0.15, 0.2) is 6.61 Å². The van der Waals surface area contributed by atoms with Crippen LogP contribution in [-0.4, -0.2) is 31.1 Å². The molecular weight excluding hydrogens is 362 g/mol. The van der Waals surface area contributed by atoms with Crippen LogP contribution in [0.2, 0.25) is 0 Å². The average Bonchev–Trinajstić information content (AvgIpc) is 2.65. The Morgan fingerprint density at radius 2 is 1.74 bits per heavy atom. The average molecular weight is 378 g/mol. The second kappa shape index (κ2) is 9.85. The van der Waals surface area contributed by atoms with E-state index in [1.807, 2.05) is 11.4 Å². The van der Waals surface area contributed by atoms with Crippen molar-refractivity contribution in [3.63, 3.8) is 0 Å². The molecule has 2 aromatic rings. The predicted molar refractivity (Wildman–Crippen MR) is 90.2 cm³/mol. The smallest absolute Gasteiger partial charge is 0.387 e. The Morgan fingerprint density at radius 3 is 2.44 bits per heavy atom. The summed E-state index contributed by atoms with van der Waals surface area (Å²) in [4.78, 5) is 35.1. The van der Waals surface area contributed by atoms with Gasteiger partial charge in [-0.2, -0.15) is 8.78 Å². The molecular formula is C18H16F2N2O5. The number of esters is 1. The monoisotopic (exact) mass is 378 g/mol. The van der Waals surface area contributed by atoms with Crippen LogP contribution < -0.4 is 15.4 Å². The number of hydrogen-bond acceptors (Lipinski definition) is 5. The van der Waals surface area contributed by atoms with Gasteiger partial charge in [0.25, 0.3) is 5.91 Å². The maximum absolute atomic E-state index is 12.2. The quantitative estimate of drug-likeness (QED) is 0.722. The molecule has 0 radical (unpaired) electrons. The number of alkyl halides is 2. The molecule has 0 unspecified atom stereocenters. The van der Waals surface area contributed by atoms with E-state index in [1.54, 1.807) is 24.3 Å². The number of benzene rings is 2. The van der Waals surface area contributed by atoms with Gasteiger partial charge in [0, 0.05) is 6.54 Å². The van der Waals surface area contributed by atoms with Gasteiger partial charge in [0.05, 0.1) is 5.56 Å². The van der Waals surface area contributed by atoms with Gasteiger partial charge in [-0.1, -0.05) is 36.4 Å². The van der Waals surface area contributed by atoms with Gasteiger partial charge >= 0.3 is 18.6 Å². The fraction of sp³-hybridized carbons (Fsp3) is 0.167. The fourth-order valence-corrected chi connectivity index (χ4v) is 2.00. The summed E-state index contributed by atoms with van der Waals surface area (Å²) in [7, 11) is 0. The number of carbonyl (C=O) groups is 3. The summed E-state index contributed by atoms with van der Waals surface area (Å²) in [6.45, 7) is -3.52. The SMILES string of the molecule is O=C(COC(=O)c1cccc(OC(F)F)c1)NC(=O)NCc1ccccc1. The van der Waals surface area contributed by atoms with Crippen molar-refractivity contribution >= 4 is 17.9 Å². The van der Waals surface area contributed by atoms with Crippen molar-refractivity contribution in [1.29, 1.82) is 0 Å². The molecule has 0 aromatic heterocycles. The van der Waals surface area contributed by atoms with Crippen LogP contribution in [0.1, 0.15) is 15.9 Å². The summed E-state index contributed by atoms with van der Waals surface area (Å²) in [5.74, 6) is -1.98. The molecule has 0 fully saturated rings. The van der Waals surface area contributed by atoms with Crippen molar-refractivity contribution in [3.8, 4) is 5.75 Å². The van der Waals surface area contributed by atoms with E-state index >= 15 is 0 Å². The predicted octanol–water partition coefficient (Wildman–Crippen LogP) is 2.47. The molecule has 9 heteroatoms. The van der Waals surface area contributed by atoms with Gasteiger partial charge < -0.3 is 14.8 Å². The molecule has 2 aromatic carbocycles. The number of imide groups is 1. The zero-order valence-corrected chi connectivity index (χ0v) is 14.0. The van der Waals surface area contributed by atoms with Crippen molar-refractivity contribution in [1.82, 2.24) is 10.6 Å². The Balaban J connectivity index is 1.76. The molecule has 0 aliphatic heterocycles. The third kappa shape index (κ3) is 7.10. The summed E-state index contributed by atoms with van der Waals surface area (Å²) in [5, 5.41) is 4.48. The van der Waals surface area contributed by atoms with Crippen molar-refractivity contribution in [2.75, 3.05) is 6.61 Å². The number of rotatable bonds is 7. The zero-order valence-electron chi connectivity index (χ0n) is 14.0. The number of hydrogen-bond donors (Lipinski definition) is 2. The molecule has 0 bridgehead atoms. The highest BCUT2D eigenvalue weighted by Crippen LogP contribution is 2.16. The largest absolute Gasteiger partial charge is 0.452 e. The molecule has 0 saturated carbocycles. The first-order valence-corrected chi connectivity index (χ1v) is 7.77. The minimum atomic E-state index is -3.03. The molecule has 0 spiro atoms. The summed E-state index contributed by atoms with van der Waals surface area (Å²) in [6.07, 6.45) is 0. The van der Waals surface area contributed by atoms with E-state index < -0.39 is 31.1 Å². The van der Waals surface area contributed by atoms with E-state index in [-0.39, 0.29) is 17.9 Å². The lowest BCUT2D eigenvalue weighted by molar-refractivity contribution is -0.123. The Kier molecular flexibility index (Phi) is 7.24. The molecule has 0 aliphatic carbocycles. The van der Waals surface area contributed by atoms with Gasteiger partial charge in [0.1, 0.15) is 5.75 Å². The van der Waals surface area contributed by atoms with E-state index in [1.165, 1.54) is 18.2 Å². The number of nitrogens with one attached hydrogen (secondary N) is 2. The topological polar surface area (TPSA) is 93.7 Å². The molecule has 27 heavy (non-hydrogen) atoms. The zero-order chi connectivity index (χ0) is 19.6. The third-order valence-corrected chi connectivity index (χ3v) is 3.18. The number of carbonyl (C=O) groups excluding carboxylic acids is 3. The first kappa shape index (κ1) is 19.8. The highest BCUT2D eigenvalue weighted by molar-refractivity contribution is 5.97. The minimum Gasteiger partial charge on any atom is -0.452 e. The Hall–Kier alpha value is -3.49. The maximum atomic E-state index is 12.2. The Bertz CT molecular complexity index is 799. The van der Waals surface area contributed by atoms with Crippen LogP contribution in [0.4, 0.5) is 13.6 Å². The van der Waals surface area contributed by atoms with Crippen LogP contribution in [0.5, 0.6) is 5.75 Å². The lowest BCUT2D eigenvalue weighted by Crippen LogP contribution is -2.41. The fourth-order valence-electron chi connectivity index (χ4n) is 2.00. The van der Waals surface area contributed by atoms with E-state index in [0.717, 1.165) is 11.6 Å². The first-order chi connectivity index (χ1) is 12.9. The third-order valence-electron chi connectivity index (χ3n) is 3.18. The highest BCUT2D eigenvalue weighted by atomic mass is 19.3. The lowest BCUT2D eigenvalue weighted by Gasteiger charge is -2.08. The maximum Gasteiger partial charge on any atom is 0.387 e. The minimum absolute atomic E-state index is 0.0746. The molecule has 142 valence electrons. The second-order valence-electron chi connectivity index (χ2n) is 5.20. The van der Waals surface area contributed by atoms with Gasteiger partial charge in [-0.25, -0.2) is 9.59 Å². The molecule has 7 nitrogen and oxygen atoms in total. The van der Waals surface area contributed by atoms with Crippen molar-refractivity contribution in [2.45, 2.75) is 13.2 Å². The molecule has 2 rings (SSSR count). The Morgan fingerprint density at radius 1 is 1.00 bits per heavy atom. The van der Waals surface area contributed by atoms with Crippen LogP contribution in [0.25, 0.3) is 0 Å². The Labute approximate surface area is 153 Å². The van der Waals surface area contributed by atoms with Crippen LogP contribution in [-0.2, 0) is 16.1 Å². The number of ether oxygens (including phenoxy) is 2. The normalized spacial score (nSPS) is 10.2. The van der Waals surface area contributed by atoms with Crippen molar-refractivity contribution in [3.05, 3.63) is 65.7 Å². The van der Waals surface area contributed by atoms with E-state index in [9.17, 15) is 23.2 Å². The van der Waals surface area contributed by atoms with Crippen molar-refractivity contribution in [2.24, 2.45) is 0 Å². The van der Waals surface area contributed by atoms with Crippen LogP contribution >= 0.6 is 0 Å². The molecule has 0 heterocycles. The standard InChI is InChI=1S/C18H16F2N2O5/c19-17(20)27-14-8-4-7-13(9-14)16(24)26-11-15(23)22-18(25)21-10-12-5-2-1-3-6-12/h1-9,17H,10-11H2,(H2,21,22,23,25).